The molecular formula is C13H14F4N2OS. The summed E-state index contributed by atoms with van der Waals surface area (Å²) in [5.74, 6) is -7.52. The molecule has 0 saturated heterocycles. The van der Waals surface area contributed by atoms with Gasteiger partial charge in [0.1, 0.15) is 5.69 Å². The van der Waals surface area contributed by atoms with E-state index in [-0.39, 0.29) is 23.9 Å². The maximum atomic E-state index is 13.5. The summed E-state index contributed by atoms with van der Waals surface area (Å²) in [6.45, 7) is 3.22. The normalized spacial score (nSPS) is 11.3. The number of rotatable bonds is 5. The van der Waals surface area contributed by atoms with E-state index < -0.39 is 40.3 Å². The van der Waals surface area contributed by atoms with Gasteiger partial charge in [-0.25, -0.2) is 17.6 Å². The van der Waals surface area contributed by atoms with Crippen molar-refractivity contribution in [1.82, 2.24) is 0 Å². The lowest BCUT2D eigenvalue weighted by Gasteiger charge is -2.29. The lowest BCUT2D eigenvalue weighted by Crippen LogP contribution is -2.45. The predicted molar refractivity (Wildman–Crippen MR) is 74.7 cm³/mol. The van der Waals surface area contributed by atoms with Crippen molar-refractivity contribution in [3.8, 4) is 0 Å². The first kappa shape index (κ1) is 17.4. The molecule has 3 N–H and O–H groups in total. The lowest BCUT2D eigenvalue weighted by atomic mass is 9.81. The molecular weight excluding hydrogens is 308 g/mol. The second-order valence-corrected chi connectivity index (χ2v) is 4.89. The van der Waals surface area contributed by atoms with Crippen molar-refractivity contribution in [2.75, 3.05) is 5.32 Å². The average molecular weight is 322 g/mol. The Morgan fingerprint density at radius 3 is 1.95 bits per heavy atom. The van der Waals surface area contributed by atoms with Crippen LogP contribution in [0.25, 0.3) is 0 Å². The van der Waals surface area contributed by atoms with Crippen molar-refractivity contribution in [2.24, 2.45) is 11.1 Å². The number of amides is 1. The molecule has 1 aromatic carbocycles. The predicted octanol–water partition coefficient (Wildman–Crippen LogP) is 3.27. The number of nitrogens with one attached hydrogen (secondary N) is 1. The zero-order valence-electron chi connectivity index (χ0n) is 11.4. The highest BCUT2D eigenvalue weighted by Crippen LogP contribution is 2.31. The number of hydrogen-bond acceptors (Lipinski definition) is 2. The number of hydrogen-bond donors (Lipinski definition) is 2. The summed E-state index contributed by atoms with van der Waals surface area (Å²) in [6.07, 6.45) is 0.345. The van der Waals surface area contributed by atoms with Crippen LogP contribution in [0.5, 0.6) is 0 Å². The van der Waals surface area contributed by atoms with Gasteiger partial charge >= 0.3 is 0 Å². The molecule has 116 valence electrons. The Kier molecular flexibility index (Phi) is 5.27. The fourth-order valence-electron chi connectivity index (χ4n) is 1.95. The highest BCUT2D eigenvalue weighted by molar-refractivity contribution is 7.80. The summed E-state index contributed by atoms with van der Waals surface area (Å²) < 4.78 is 53.3. The lowest BCUT2D eigenvalue weighted by molar-refractivity contribution is -0.122. The molecule has 0 spiro atoms. The summed E-state index contributed by atoms with van der Waals surface area (Å²) in [6, 6.07) is 0.0563. The number of carbonyl (C=O) groups is 1. The molecule has 0 bridgehead atoms. The number of nitrogens with two attached hydrogens (primary N) is 1. The molecule has 1 aromatic rings. The topological polar surface area (TPSA) is 55.1 Å². The minimum absolute atomic E-state index is 0.0563. The van der Waals surface area contributed by atoms with E-state index in [0.29, 0.717) is 0 Å². The van der Waals surface area contributed by atoms with Gasteiger partial charge in [0, 0.05) is 6.07 Å². The van der Waals surface area contributed by atoms with E-state index >= 15 is 0 Å². The molecule has 0 radical (unpaired) electrons. The van der Waals surface area contributed by atoms with Crippen LogP contribution in [0.4, 0.5) is 23.2 Å². The Bertz CT molecular complexity index is 562. The Morgan fingerprint density at radius 1 is 1.19 bits per heavy atom. The quantitative estimate of drug-likeness (QED) is 0.497. The second kappa shape index (κ2) is 6.38. The SMILES string of the molecule is CCC(CC)(C(=O)Nc1c(F)c(F)cc(F)c1F)C(N)=S. The fraction of sp³-hybridized carbons (Fsp3) is 0.385. The third-order valence-corrected chi connectivity index (χ3v) is 3.85. The van der Waals surface area contributed by atoms with E-state index in [1.54, 1.807) is 13.8 Å². The van der Waals surface area contributed by atoms with Gasteiger partial charge in [-0.15, -0.1) is 0 Å². The van der Waals surface area contributed by atoms with Crippen molar-refractivity contribution in [1.29, 1.82) is 0 Å². The van der Waals surface area contributed by atoms with Gasteiger partial charge in [-0.3, -0.25) is 4.79 Å². The molecule has 0 atom stereocenters. The maximum Gasteiger partial charge on any atom is 0.237 e. The van der Waals surface area contributed by atoms with Gasteiger partial charge in [-0.05, 0) is 12.8 Å². The van der Waals surface area contributed by atoms with Gasteiger partial charge in [0.15, 0.2) is 23.3 Å². The van der Waals surface area contributed by atoms with Crippen molar-refractivity contribution in [2.45, 2.75) is 26.7 Å². The maximum absolute atomic E-state index is 13.5. The third kappa shape index (κ3) is 2.99. The van der Waals surface area contributed by atoms with E-state index in [1.165, 1.54) is 0 Å². The van der Waals surface area contributed by atoms with Crippen LogP contribution in [0.2, 0.25) is 0 Å². The molecule has 0 saturated carbocycles. The molecule has 0 unspecified atom stereocenters. The number of carbonyl (C=O) groups excluding carboxylic acids is 1. The summed E-state index contributed by atoms with van der Waals surface area (Å²) in [7, 11) is 0. The molecule has 0 aliphatic rings. The Hall–Kier alpha value is -1.70. The van der Waals surface area contributed by atoms with Gasteiger partial charge in [-0.2, -0.15) is 0 Å². The smallest absolute Gasteiger partial charge is 0.237 e. The van der Waals surface area contributed by atoms with Crippen LogP contribution in [0.1, 0.15) is 26.7 Å². The molecule has 0 fully saturated rings. The summed E-state index contributed by atoms with van der Waals surface area (Å²) in [4.78, 5) is 12.0. The van der Waals surface area contributed by atoms with Crippen LogP contribution in [0, 0.1) is 28.7 Å². The highest BCUT2D eigenvalue weighted by Gasteiger charge is 2.39. The number of benzene rings is 1. The van der Waals surface area contributed by atoms with E-state index in [4.69, 9.17) is 18.0 Å². The summed E-state index contributed by atoms with van der Waals surface area (Å²) >= 11 is 4.82. The molecule has 8 heteroatoms. The third-order valence-electron chi connectivity index (χ3n) is 3.46. The molecule has 0 aliphatic heterocycles. The van der Waals surface area contributed by atoms with Crippen molar-refractivity contribution >= 4 is 28.8 Å². The zero-order chi connectivity index (χ0) is 16.4. The van der Waals surface area contributed by atoms with Crippen LogP contribution in [-0.4, -0.2) is 10.9 Å². The minimum atomic E-state index is -1.69. The number of thiocarbonyl (C=S) groups is 1. The van der Waals surface area contributed by atoms with Gasteiger partial charge in [-0.1, -0.05) is 26.1 Å². The Labute approximate surface area is 124 Å². The molecule has 0 aliphatic carbocycles. The summed E-state index contributed by atoms with van der Waals surface area (Å²) in [5.41, 5.74) is 2.97. The first-order chi connectivity index (χ1) is 9.71. The summed E-state index contributed by atoms with van der Waals surface area (Å²) in [5, 5.41) is 1.85. The van der Waals surface area contributed by atoms with Crippen LogP contribution < -0.4 is 11.1 Å². The van der Waals surface area contributed by atoms with Gasteiger partial charge in [0.25, 0.3) is 0 Å². The van der Waals surface area contributed by atoms with Crippen LogP contribution >= 0.6 is 12.2 Å². The van der Waals surface area contributed by atoms with E-state index in [0.717, 1.165) is 0 Å². The largest absolute Gasteiger partial charge is 0.392 e. The zero-order valence-corrected chi connectivity index (χ0v) is 12.2. The van der Waals surface area contributed by atoms with Gasteiger partial charge in [0.05, 0.1) is 10.4 Å². The van der Waals surface area contributed by atoms with Crippen molar-refractivity contribution in [3.05, 3.63) is 29.3 Å². The molecule has 1 amide bonds. The van der Waals surface area contributed by atoms with Gasteiger partial charge in [0.2, 0.25) is 5.91 Å². The standard InChI is InChI=1S/C13H14F4N2OS/c1-3-13(4-2,11(18)21)12(20)19-10-8(16)6(14)5-7(15)9(10)17/h5H,3-4H2,1-2H3,(H2,18,21)(H,19,20). The molecule has 1 rings (SSSR count). The first-order valence-electron chi connectivity index (χ1n) is 6.15. The highest BCUT2D eigenvalue weighted by atomic mass is 32.1. The minimum Gasteiger partial charge on any atom is -0.392 e. The number of anilines is 1. The molecule has 3 nitrogen and oxygen atoms in total. The van der Waals surface area contributed by atoms with Crippen LogP contribution in [0.15, 0.2) is 6.07 Å². The second-order valence-electron chi connectivity index (χ2n) is 4.45. The fourth-order valence-corrected chi connectivity index (χ4v) is 2.33. The van der Waals surface area contributed by atoms with E-state index in [9.17, 15) is 22.4 Å². The van der Waals surface area contributed by atoms with Crippen LogP contribution in [-0.2, 0) is 4.79 Å². The first-order valence-corrected chi connectivity index (χ1v) is 6.56. The average Bonchev–Trinajstić information content (AvgIpc) is 2.43. The van der Waals surface area contributed by atoms with Gasteiger partial charge < -0.3 is 11.1 Å². The monoisotopic (exact) mass is 322 g/mol. The van der Waals surface area contributed by atoms with E-state index in [1.807, 2.05) is 5.32 Å². The van der Waals surface area contributed by atoms with Crippen LogP contribution in [0.3, 0.4) is 0 Å². The molecule has 0 aromatic heterocycles. The molecule has 0 heterocycles. The Balaban J connectivity index is 3.29. The Morgan fingerprint density at radius 2 is 1.62 bits per heavy atom. The van der Waals surface area contributed by atoms with E-state index in [2.05, 4.69) is 0 Å². The number of halogens is 4. The molecule has 21 heavy (non-hydrogen) atoms. The van der Waals surface area contributed by atoms with Crippen molar-refractivity contribution in [3.63, 3.8) is 0 Å². The van der Waals surface area contributed by atoms with Crippen molar-refractivity contribution < 1.29 is 22.4 Å².